The third-order valence-electron chi connectivity index (χ3n) is 4.04. The van der Waals surface area contributed by atoms with E-state index in [9.17, 15) is 13.2 Å². The van der Waals surface area contributed by atoms with E-state index in [0.29, 0.717) is 41.7 Å². The van der Waals surface area contributed by atoms with Crippen LogP contribution in [0.4, 0.5) is 0 Å². The van der Waals surface area contributed by atoms with Gasteiger partial charge in [-0.3, -0.25) is 0 Å². The molecule has 0 fully saturated rings. The van der Waals surface area contributed by atoms with Crippen molar-refractivity contribution < 1.29 is 27.4 Å². The number of fused-ring (bicyclic) bond motifs is 1. The summed E-state index contributed by atoms with van der Waals surface area (Å²) < 4.78 is 43.3. The molecule has 0 spiro atoms. The zero-order chi connectivity index (χ0) is 20.1. The number of halogens is 1. The highest BCUT2D eigenvalue weighted by Gasteiger charge is 2.18. The van der Waals surface area contributed by atoms with Gasteiger partial charge in [0.25, 0.3) is 0 Å². The molecule has 0 unspecified atom stereocenters. The van der Waals surface area contributed by atoms with E-state index in [1.54, 1.807) is 19.1 Å². The number of sulfonamides is 1. The van der Waals surface area contributed by atoms with E-state index >= 15 is 0 Å². The molecule has 0 saturated heterocycles. The minimum atomic E-state index is -3.70. The number of hydrogen-bond acceptors (Lipinski definition) is 6. The lowest BCUT2D eigenvalue weighted by atomic mass is 10.1. The van der Waals surface area contributed by atoms with Gasteiger partial charge in [-0.05, 0) is 55.3 Å². The number of benzene rings is 2. The van der Waals surface area contributed by atoms with Crippen LogP contribution in [-0.4, -0.2) is 40.8 Å². The highest BCUT2D eigenvalue weighted by molar-refractivity contribution is 7.89. The average molecular weight is 426 g/mol. The highest BCUT2D eigenvalue weighted by atomic mass is 35.5. The van der Waals surface area contributed by atoms with Crippen molar-refractivity contribution in [1.29, 1.82) is 0 Å². The zero-order valence-electron chi connectivity index (χ0n) is 15.2. The van der Waals surface area contributed by atoms with E-state index in [-0.39, 0.29) is 18.0 Å². The molecule has 2 aromatic carbocycles. The summed E-state index contributed by atoms with van der Waals surface area (Å²) in [5.74, 6) is 0.583. The van der Waals surface area contributed by atoms with Gasteiger partial charge in [-0.2, -0.15) is 0 Å². The fourth-order valence-electron chi connectivity index (χ4n) is 2.71. The van der Waals surface area contributed by atoms with Gasteiger partial charge in [0.1, 0.15) is 13.2 Å². The lowest BCUT2D eigenvalue weighted by molar-refractivity contribution is 0.0526. The summed E-state index contributed by atoms with van der Waals surface area (Å²) in [5.41, 5.74) is 1.13. The van der Waals surface area contributed by atoms with Gasteiger partial charge in [-0.1, -0.05) is 11.6 Å². The molecule has 0 aliphatic carbocycles. The van der Waals surface area contributed by atoms with Crippen molar-refractivity contribution in [3.05, 3.63) is 52.5 Å². The third kappa shape index (κ3) is 4.76. The Labute approximate surface area is 168 Å². The summed E-state index contributed by atoms with van der Waals surface area (Å²) in [6.45, 7) is 3.03. The maximum Gasteiger partial charge on any atom is 0.338 e. The van der Waals surface area contributed by atoms with Crippen molar-refractivity contribution in [2.45, 2.75) is 18.2 Å². The summed E-state index contributed by atoms with van der Waals surface area (Å²) in [4.78, 5) is 11.7. The van der Waals surface area contributed by atoms with Crippen LogP contribution >= 0.6 is 11.6 Å². The van der Waals surface area contributed by atoms with Crippen molar-refractivity contribution in [2.75, 3.05) is 26.4 Å². The van der Waals surface area contributed by atoms with Crippen molar-refractivity contribution in [3.63, 3.8) is 0 Å². The van der Waals surface area contributed by atoms with E-state index in [2.05, 4.69) is 4.72 Å². The maximum absolute atomic E-state index is 12.4. The average Bonchev–Trinajstić information content (AvgIpc) is 2.68. The molecule has 0 radical (unpaired) electrons. The van der Waals surface area contributed by atoms with Crippen LogP contribution in [0.15, 0.2) is 41.3 Å². The third-order valence-corrected chi connectivity index (χ3v) is 5.80. The van der Waals surface area contributed by atoms with E-state index in [4.69, 9.17) is 25.8 Å². The zero-order valence-corrected chi connectivity index (χ0v) is 16.8. The Bertz CT molecular complexity index is 959. The second kappa shape index (κ2) is 8.81. The maximum atomic E-state index is 12.4. The Kier molecular flexibility index (Phi) is 6.43. The number of rotatable bonds is 7. The number of nitrogens with one attached hydrogen (secondary N) is 1. The van der Waals surface area contributed by atoms with Gasteiger partial charge in [0.2, 0.25) is 10.0 Å². The first-order valence-corrected chi connectivity index (χ1v) is 10.6. The first kappa shape index (κ1) is 20.4. The van der Waals surface area contributed by atoms with Crippen LogP contribution in [0, 0.1) is 0 Å². The van der Waals surface area contributed by atoms with Crippen LogP contribution in [0.2, 0.25) is 5.02 Å². The van der Waals surface area contributed by atoms with Gasteiger partial charge in [0.05, 0.1) is 22.1 Å². The Morgan fingerprint density at radius 2 is 1.89 bits per heavy atom. The summed E-state index contributed by atoms with van der Waals surface area (Å²) in [6.07, 6.45) is 0.427. The molecule has 0 aromatic heterocycles. The first-order chi connectivity index (χ1) is 13.4. The Morgan fingerprint density at radius 1 is 1.18 bits per heavy atom. The Morgan fingerprint density at radius 3 is 2.61 bits per heavy atom. The lowest BCUT2D eigenvalue weighted by Crippen LogP contribution is -2.26. The topological polar surface area (TPSA) is 90.9 Å². The molecule has 2 aromatic rings. The monoisotopic (exact) mass is 425 g/mol. The lowest BCUT2D eigenvalue weighted by Gasteiger charge is -2.20. The van der Waals surface area contributed by atoms with E-state index < -0.39 is 16.0 Å². The molecule has 3 rings (SSSR count). The van der Waals surface area contributed by atoms with Gasteiger partial charge in [-0.15, -0.1) is 0 Å². The first-order valence-electron chi connectivity index (χ1n) is 8.75. The van der Waals surface area contributed by atoms with Crippen LogP contribution < -0.4 is 14.2 Å². The van der Waals surface area contributed by atoms with Gasteiger partial charge in [0.15, 0.2) is 11.5 Å². The van der Waals surface area contributed by atoms with Crippen LogP contribution in [-0.2, 0) is 21.2 Å². The SMILES string of the molecule is CCOC(=O)c1ccc(S(=O)(=O)NCCc2cc(Cl)c3c(c2)OCCO3)cc1. The number of carbonyl (C=O) groups excluding carboxylic acids is 1. The highest BCUT2D eigenvalue weighted by Crippen LogP contribution is 2.38. The fraction of sp³-hybridized carbons (Fsp3) is 0.316. The molecule has 0 amide bonds. The standard InChI is InChI=1S/C19H20ClNO6S/c1-2-25-19(22)14-3-5-15(6-4-14)28(23,24)21-8-7-13-11-16(20)18-17(12-13)26-9-10-27-18/h3-6,11-12,21H,2,7-10H2,1H3. The quantitative estimate of drug-likeness (QED) is 0.686. The molecule has 1 aliphatic rings. The number of hydrogen-bond donors (Lipinski definition) is 1. The number of carbonyl (C=O) groups is 1. The number of esters is 1. The molecular formula is C19H20ClNO6S. The molecule has 9 heteroatoms. The molecule has 1 aliphatic heterocycles. The van der Waals surface area contributed by atoms with Crippen molar-refractivity contribution in [1.82, 2.24) is 4.72 Å². The minimum Gasteiger partial charge on any atom is -0.486 e. The summed E-state index contributed by atoms with van der Waals surface area (Å²) in [6, 6.07) is 9.12. The molecule has 1 heterocycles. The summed E-state index contributed by atoms with van der Waals surface area (Å²) in [5, 5.41) is 0.435. The largest absolute Gasteiger partial charge is 0.486 e. The van der Waals surface area contributed by atoms with E-state index in [0.717, 1.165) is 5.56 Å². The fourth-order valence-corrected chi connectivity index (χ4v) is 4.03. The van der Waals surface area contributed by atoms with E-state index in [1.165, 1.54) is 24.3 Å². The molecule has 1 N–H and O–H groups in total. The molecule has 0 atom stereocenters. The van der Waals surface area contributed by atoms with Crippen LogP contribution in [0.3, 0.4) is 0 Å². The second-order valence-electron chi connectivity index (χ2n) is 5.99. The molecule has 0 bridgehead atoms. The predicted octanol–water partition coefficient (Wildman–Crippen LogP) is 2.81. The van der Waals surface area contributed by atoms with Crippen molar-refractivity contribution in [3.8, 4) is 11.5 Å². The minimum absolute atomic E-state index is 0.0701. The van der Waals surface area contributed by atoms with Gasteiger partial charge in [-0.25, -0.2) is 17.9 Å². The van der Waals surface area contributed by atoms with Crippen LogP contribution in [0.1, 0.15) is 22.8 Å². The van der Waals surface area contributed by atoms with E-state index in [1.807, 2.05) is 0 Å². The van der Waals surface area contributed by atoms with Gasteiger partial charge in [0, 0.05) is 6.54 Å². The van der Waals surface area contributed by atoms with Crippen LogP contribution in [0.5, 0.6) is 11.5 Å². The summed E-state index contributed by atoms with van der Waals surface area (Å²) in [7, 11) is -3.70. The molecule has 0 saturated carbocycles. The van der Waals surface area contributed by atoms with Gasteiger partial charge < -0.3 is 14.2 Å². The second-order valence-corrected chi connectivity index (χ2v) is 8.17. The number of ether oxygens (including phenoxy) is 3. The summed E-state index contributed by atoms with van der Waals surface area (Å²) >= 11 is 6.19. The molecular weight excluding hydrogens is 406 g/mol. The Balaban J connectivity index is 1.62. The normalized spacial score (nSPS) is 13.2. The smallest absolute Gasteiger partial charge is 0.338 e. The van der Waals surface area contributed by atoms with Crippen molar-refractivity contribution >= 4 is 27.6 Å². The van der Waals surface area contributed by atoms with Gasteiger partial charge >= 0.3 is 5.97 Å². The molecule has 7 nitrogen and oxygen atoms in total. The predicted molar refractivity (Wildman–Crippen MR) is 104 cm³/mol. The van der Waals surface area contributed by atoms with Crippen molar-refractivity contribution in [2.24, 2.45) is 0 Å². The molecule has 28 heavy (non-hydrogen) atoms. The van der Waals surface area contributed by atoms with Crippen LogP contribution in [0.25, 0.3) is 0 Å². The Hall–Kier alpha value is -2.29. The molecule has 150 valence electrons.